The third-order valence-electron chi connectivity index (χ3n) is 2.03. The lowest BCUT2D eigenvalue weighted by Crippen LogP contribution is -2.16. The number of aromatic nitrogens is 3. The summed E-state index contributed by atoms with van der Waals surface area (Å²) in [5, 5.41) is 6.69. The average Bonchev–Trinajstić information content (AvgIpc) is 2.64. The maximum Gasteiger partial charge on any atom is 0.214 e. The summed E-state index contributed by atoms with van der Waals surface area (Å²) in [4.78, 5) is 0. The fourth-order valence-corrected chi connectivity index (χ4v) is 1.48. The van der Waals surface area contributed by atoms with Crippen LogP contribution in [-0.4, -0.2) is 28.1 Å². The van der Waals surface area contributed by atoms with Crippen LogP contribution in [0.25, 0.3) is 0 Å². The molecule has 66 valence electrons. The van der Waals surface area contributed by atoms with Gasteiger partial charge >= 0.3 is 0 Å². The van der Waals surface area contributed by atoms with Crippen LogP contribution in [0.5, 0.6) is 0 Å². The van der Waals surface area contributed by atoms with Gasteiger partial charge in [0, 0.05) is 12.5 Å². The van der Waals surface area contributed by atoms with E-state index in [9.17, 15) is 0 Å². The number of nitrogens with two attached hydrogens (primary N) is 1. The first-order valence-corrected chi connectivity index (χ1v) is 4.20. The molecule has 0 saturated carbocycles. The molecular weight excluding hydrogens is 176 g/mol. The SMILES string of the molecule is Nn1c([C@H]2CCOC2)n[nH]c1=S. The minimum atomic E-state index is 0.294. The highest BCUT2D eigenvalue weighted by atomic mass is 32.1. The minimum absolute atomic E-state index is 0.294. The summed E-state index contributed by atoms with van der Waals surface area (Å²) in [6, 6.07) is 0. The van der Waals surface area contributed by atoms with Crippen molar-refractivity contribution in [2.75, 3.05) is 19.1 Å². The van der Waals surface area contributed by atoms with Crippen molar-refractivity contribution in [3.8, 4) is 0 Å². The molecule has 1 aromatic heterocycles. The summed E-state index contributed by atoms with van der Waals surface area (Å²) in [5.41, 5.74) is 0. The Labute approximate surface area is 74.5 Å². The zero-order valence-corrected chi connectivity index (χ0v) is 7.30. The maximum absolute atomic E-state index is 5.65. The Kier molecular flexibility index (Phi) is 1.86. The molecule has 0 aliphatic carbocycles. The summed E-state index contributed by atoms with van der Waals surface area (Å²) in [6.45, 7) is 1.47. The molecule has 12 heavy (non-hydrogen) atoms. The van der Waals surface area contributed by atoms with Crippen LogP contribution in [0.4, 0.5) is 0 Å². The Balaban J connectivity index is 2.32. The molecule has 1 atom stereocenters. The monoisotopic (exact) mass is 186 g/mol. The van der Waals surface area contributed by atoms with E-state index >= 15 is 0 Å². The number of nitrogens with one attached hydrogen (secondary N) is 1. The summed E-state index contributed by atoms with van der Waals surface area (Å²) in [5.74, 6) is 6.73. The zero-order chi connectivity index (χ0) is 8.55. The van der Waals surface area contributed by atoms with Gasteiger partial charge in [-0.1, -0.05) is 0 Å². The van der Waals surface area contributed by atoms with Crippen LogP contribution in [-0.2, 0) is 4.74 Å². The number of rotatable bonds is 1. The molecule has 6 heteroatoms. The van der Waals surface area contributed by atoms with E-state index in [0.29, 0.717) is 17.3 Å². The van der Waals surface area contributed by atoms with E-state index in [2.05, 4.69) is 10.2 Å². The molecular formula is C6H10N4OS. The van der Waals surface area contributed by atoms with Crippen molar-refractivity contribution in [3.05, 3.63) is 10.6 Å². The molecule has 0 spiro atoms. The van der Waals surface area contributed by atoms with Gasteiger partial charge in [-0.2, -0.15) is 5.10 Å². The number of hydrogen-bond donors (Lipinski definition) is 2. The Morgan fingerprint density at radius 3 is 3.08 bits per heavy atom. The van der Waals surface area contributed by atoms with Crippen LogP contribution in [0.3, 0.4) is 0 Å². The van der Waals surface area contributed by atoms with Crippen molar-refractivity contribution in [2.45, 2.75) is 12.3 Å². The minimum Gasteiger partial charge on any atom is -0.381 e. The highest BCUT2D eigenvalue weighted by Gasteiger charge is 2.22. The Hall–Kier alpha value is -0.880. The third kappa shape index (κ3) is 1.12. The van der Waals surface area contributed by atoms with Gasteiger partial charge in [-0.25, -0.2) is 4.68 Å². The van der Waals surface area contributed by atoms with Crippen LogP contribution >= 0.6 is 12.2 Å². The van der Waals surface area contributed by atoms with E-state index in [1.165, 1.54) is 4.68 Å². The molecule has 2 rings (SSSR count). The Morgan fingerprint density at radius 2 is 2.58 bits per heavy atom. The fraction of sp³-hybridized carbons (Fsp3) is 0.667. The molecule has 1 aromatic rings. The molecule has 1 aliphatic rings. The van der Waals surface area contributed by atoms with Gasteiger partial charge in [-0.05, 0) is 18.6 Å². The smallest absolute Gasteiger partial charge is 0.214 e. The first kappa shape index (κ1) is 7.75. The maximum atomic E-state index is 5.65. The second-order valence-electron chi connectivity index (χ2n) is 2.82. The van der Waals surface area contributed by atoms with Crippen molar-refractivity contribution in [1.29, 1.82) is 0 Å². The van der Waals surface area contributed by atoms with Crippen molar-refractivity contribution in [3.63, 3.8) is 0 Å². The van der Waals surface area contributed by atoms with Crippen LogP contribution in [0, 0.1) is 4.77 Å². The lowest BCUT2D eigenvalue weighted by Gasteiger charge is -2.04. The van der Waals surface area contributed by atoms with E-state index in [-0.39, 0.29) is 0 Å². The van der Waals surface area contributed by atoms with Gasteiger partial charge in [0.1, 0.15) is 0 Å². The Bertz CT molecular complexity index is 325. The second-order valence-corrected chi connectivity index (χ2v) is 3.20. The number of H-pyrrole nitrogens is 1. The fourth-order valence-electron chi connectivity index (χ4n) is 1.34. The molecule has 3 N–H and O–H groups in total. The van der Waals surface area contributed by atoms with Gasteiger partial charge in [0.15, 0.2) is 5.82 Å². The lowest BCUT2D eigenvalue weighted by atomic mass is 10.1. The van der Waals surface area contributed by atoms with Crippen LogP contribution in [0.15, 0.2) is 0 Å². The van der Waals surface area contributed by atoms with Crippen molar-refractivity contribution < 1.29 is 4.74 Å². The largest absolute Gasteiger partial charge is 0.381 e. The van der Waals surface area contributed by atoms with E-state index < -0.39 is 0 Å². The number of nitrogen functional groups attached to an aromatic ring is 1. The summed E-state index contributed by atoms with van der Waals surface area (Å²) < 4.78 is 7.09. The van der Waals surface area contributed by atoms with E-state index in [1.807, 2.05) is 0 Å². The first-order valence-electron chi connectivity index (χ1n) is 3.79. The third-order valence-corrected chi connectivity index (χ3v) is 2.31. The van der Waals surface area contributed by atoms with Crippen molar-refractivity contribution >= 4 is 12.2 Å². The zero-order valence-electron chi connectivity index (χ0n) is 6.49. The molecule has 1 aliphatic heterocycles. The second kappa shape index (κ2) is 2.87. The van der Waals surface area contributed by atoms with Crippen molar-refractivity contribution in [1.82, 2.24) is 14.9 Å². The summed E-state index contributed by atoms with van der Waals surface area (Å²) in [6.07, 6.45) is 0.969. The normalized spacial score (nSPS) is 23.2. The van der Waals surface area contributed by atoms with Crippen LogP contribution in [0.1, 0.15) is 18.2 Å². The average molecular weight is 186 g/mol. The van der Waals surface area contributed by atoms with E-state index in [1.54, 1.807) is 0 Å². The number of ether oxygens (including phenoxy) is 1. The number of hydrogen-bond acceptors (Lipinski definition) is 4. The molecule has 0 unspecified atom stereocenters. The summed E-state index contributed by atoms with van der Waals surface area (Å²) >= 11 is 4.89. The predicted molar refractivity (Wildman–Crippen MR) is 45.7 cm³/mol. The lowest BCUT2D eigenvalue weighted by molar-refractivity contribution is 0.193. The number of aromatic amines is 1. The standard InChI is InChI=1S/C6H10N4OS/c7-10-5(8-9-6(10)12)4-1-2-11-3-4/h4H,1-3,7H2,(H,9,12)/t4-/m0/s1. The number of nitrogens with zero attached hydrogens (tertiary/aromatic N) is 2. The van der Waals surface area contributed by atoms with E-state index in [0.717, 1.165) is 18.9 Å². The molecule has 2 heterocycles. The van der Waals surface area contributed by atoms with Gasteiger partial charge in [-0.15, -0.1) is 0 Å². The summed E-state index contributed by atoms with van der Waals surface area (Å²) in [7, 11) is 0. The predicted octanol–water partition coefficient (Wildman–Crippen LogP) is 0.158. The van der Waals surface area contributed by atoms with Crippen LogP contribution < -0.4 is 5.84 Å². The van der Waals surface area contributed by atoms with Gasteiger partial charge in [0.05, 0.1) is 6.61 Å². The molecule has 0 amide bonds. The van der Waals surface area contributed by atoms with Gasteiger partial charge < -0.3 is 10.6 Å². The highest BCUT2D eigenvalue weighted by molar-refractivity contribution is 7.71. The Morgan fingerprint density at radius 1 is 1.75 bits per heavy atom. The topological polar surface area (TPSA) is 68.9 Å². The van der Waals surface area contributed by atoms with E-state index in [4.69, 9.17) is 22.8 Å². The quantitative estimate of drug-likeness (QED) is 0.484. The van der Waals surface area contributed by atoms with Gasteiger partial charge in [-0.3, -0.25) is 5.10 Å². The molecule has 1 saturated heterocycles. The molecule has 5 nitrogen and oxygen atoms in total. The molecule has 0 bridgehead atoms. The first-order chi connectivity index (χ1) is 5.79. The molecule has 0 radical (unpaired) electrons. The van der Waals surface area contributed by atoms with Gasteiger partial charge in [0.25, 0.3) is 0 Å². The van der Waals surface area contributed by atoms with Gasteiger partial charge in [0.2, 0.25) is 4.77 Å². The van der Waals surface area contributed by atoms with Crippen LogP contribution in [0.2, 0.25) is 0 Å². The van der Waals surface area contributed by atoms with Crippen molar-refractivity contribution in [2.24, 2.45) is 0 Å². The molecule has 1 fully saturated rings. The molecule has 0 aromatic carbocycles. The highest BCUT2D eigenvalue weighted by Crippen LogP contribution is 2.21.